The van der Waals surface area contributed by atoms with E-state index in [4.69, 9.17) is 23.2 Å². The highest BCUT2D eigenvalue weighted by Gasteiger charge is 2.25. The van der Waals surface area contributed by atoms with Gasteiger partial charge in [0.15, 0.2) is 5.13 Å². The van der Waals surface area contributed by atoms with E-state index in [0.717, 1.165) is 12.8 Å². The molecule has 2 aromatic rings. The molecule has 0 atom stereocenters. The lowest BCUT2D eigenvalue weighted by Crippen LogP contribution is -2.39. The monoisotopic (exact) mass is 398 g/mol. The third kappa shape index (κ3) is 4.84. The van der Waals surface area contributed by atoms with Crippen LogP contribution in [0.2, 0.25) is 10.0 Å². The van der Waals surface area contributed by atoms with E-state index >= 15 is 0 Å². The van der Waals surface area contributed by atoms with E-state index in [-0.39, 0.29) is 30.1 Å². The first-order chi connectivity index (χ1) is 11.9. The number of anilines is 2. The number of halogens is 2. The van der Waals surface area contributed by atoms with Crippen molar-refractivity contribution in [1.82, 2.24) is 15.2 Å². The van der Waals surface area contributed by atoms with Crippen LogP contribution >= 0.6 is 34.5 Å². The predicted molar refractivity (Wildman–Crippen MR) is 100.0 cm³/mol. The van der Waals surface area contributed by atoms with Gasteiger partial charge in [-0.05, 0) is 31.0 Å². The van der Waals surface area contributed by atoms with Gasteiger partial charge in [0, 0.05) is 23.5 Å². The van der Waals surface area contributed by atoms with Crippen molar-refractivity contribution in [2.45, 2.75) is 18.9 Å². The van der Waals surface area contributed by atoms with Gasteiger partial charge in [0.1, 0.15) is 5.69 Å². The summed E-state index contributed by atoms with van der Waals surface area (Å²) in [7, 11) is 1.58. The van der Waals surface area contributed by atoms with Crippen molar-refractivity contribution in [3.05, 3.63) is 39.3 Å². The Morgan fingerprint density at radius 3 is 2.84 bits per heavy atom. The van der Waals surface area contributed by atoms with Crippen molar-refractivity contribution in [3.63, 3.8) is 0 Å². The topological polar surface area (TPSA) is 74.3 Å². The highest BCUT2D eigenvalue weighted by molar-refractivity contribution is 7.14. The van der Waals surface area contributed by atoms with Crippen LogP contribution < -0.4 is 10.6 Å². The van der Waals surface area contributed by atoms with Gasteiger partial charge in [0.2, 0.25) is 5.91 Å². The molecule has 25 heavy (non-hydrogen) atoms. The molecule has 0 bridgehead atoms. The van der Waals surface area contributed by atoms with E-state index in [9.17, 15) is 9.59 Å². The molecule has 1 heterocycles. The number of benzene rings is 1. The van der Waals surface area contributed by atoms with Gasteiger partial charge in [0.05, 0.1) is 17.3 Å². The number of carbonyl (C=O) groups is 2. The lowest BCUT2D eigenvalue weighted by molar-refractivity contribution is -0.121. The minimum atomic E-state index is -0.313. The molecule has 1 saturated carbocycles. The van der Waals surface area contributed by atoms with Gasteiger partial charge in [-0.2, -0.15) is 0 Å². The summed E-state index contributed by atoms with van der Waals surface area (Å²) in [5, 5.41) is 9.09. The molecule has 1 aromatic heterocycles. The summed E-state index contributed by atoms with van der Waals surface area (Å²) < 4.78 is 0. The maximum Gasteiger partial charge on any atom is 0.273 e. The van der Waals surface area contributed by atoms with Crippen molar-refractivity contribution >= 4 is 57.2 Å². The van der Waals surface area contributed by atoms with Gasteiger partial charge in [-0.1, -0.05) is 23.2 Å². The number of hydrogen-bond donors (Lipinski definition) is 2. The van der Waals surface area contributed by atoms with Crippen LogP contribution in [0.25, 0.3) is 0 Å². The highest BCUT2D eigenvalue weighted by Crippen LogP contribution is 2.29. The molecule has 132 valence electrons. The number of nitrogens with one attached hydrogen (secondary N) is 2. The first-order valence-corrected chi connectivity index (χ1v) is 9.28. The van der Waals surface area contributed by atoms with Gasteiger partial charge < -0.3 is 15.5 Å². The fourth-order valence-electron chi connectivity index (χ4n) is 2.12. The summed E-state index contributed by atoms with van der Waals surface area (Å²) in [6, 6.07) is 5.32. The smallest absolute Gasteiger partial charge is 0.273 e. The van der Waals surface area contributed by atoms with E-state index in [1.165, 1.54) is 16.2 Å². The van der Waals surface area contributed by atoms with Crippen molar-refractivity contribution in [2.24, 2.45) is 0 Å². The Hall–Kier alpha value is -1.83. The molecule has 0 radical (unpaired) electrons. The Bertz CT molecular complexity index is 807. The van der Waals surface area contributed by atoms with Crippen LogP contribution in [0.5, 0.6) is 0 Å². The average Bonchev–Trinajstić information content (AvgIpc) is 3.25. The van der Waals surface area contributed by atoms with E-state index in [1.54, 1.807) is 30.6 Å². The molecule has 1 aliphatic carbocycles. The Labute approximate surface area is 159 Å². The summed E-state index contributed by atoms with van der Waals surface area (Å²) in [6.07, 6.45) is 2.02. The highest BCUT2D eigenvalue weighted by atomic mass is 35.5. The maximum absolute atomic E-state index is 12.4. The molecule has 2 N–H and O–H groups in total. The van der Waals surface area contributed by atoms with Crippen molar-refractivity contribution in [1.29, 1.82) is 0 Å². The summed E-state index contributed by atoms with van der Waals surface area (Å²) in [4.78, 5) is 29.8. The van der Waals surface area contributed by atoms with Crippen LogP contribution in [0.4, 0.5) is 10.8 Å². The number of amides is 2. The fourth-order valence-corrected chi connectivity index (χ4v) is 3.16. The first-order valence-electron chi connectivity index (χ1n) is 7.65. The van der Waals surface area contributed by atoms with Crippen LogP contribution in [0.15, 0.2) is 23.6 Å². The zero-order valence-electron chi connectivity index (χ0n) is 13.4. The fraction of sp³-hybridized carbons (Fsp3) is 0.312. The minimum Gasteiger partial charge on any atom is -0.352 e. The molecule has 1 fully saturated rings. The Kier molecular flexibility index (Phi) is 5.46. The quantitative estimate of drug-likeness (QED) is 0.779. The average molecular weight is 399 g/mol. The molecule has 2 amide bonds. The largest absolute Gasteiger partial charge is 0.352 e. The van der Waals surface area contributed by atoms with Gasteiger partial charge in [-0.25, -0.2) is 4.98 Å². The lowest BCUT2D eigenvalue weighted by Gasteiger charge is -2.15. The molecule has 6 nitrogen and oxygen atoms in total. The van der Waals surface area contributed by atoms with Crippen LogP contribution in [0.1, 0.15) is 23.3 Å². The second-order valence-electron chi connectivity index (χ2n) is 5.79. The maximum atomic E-state index is 12.4. The third-order valence-corrected chi connectivity index (χ3v) is 4.89. The normalized spacial score (nSPS) is 13.4. The standard InChI is InChI=1S/C16H16Cl2N4O2S/c1-22(7-14(23)19-10-3-4-10)15(24)13-8-25-16(21-13)20-12-6-9(17)2-5-11(12)18/h2,5-6,8,10H,3-4,7H2,1H3,(H,19,23)(H,20,21). The molecule has 0 saturated heterocycles. The molecule has 9 heteroatoms. The molecule has 1 aliphatic rings. The summed E-state index contributed by atoms with van der Waals surface area (Å²) in [6.45, 7) is 0.00967. The number of rotatable bonds is 6. The number of hydrogen-bond acceptors (Lipinski definition) is 5. The number of nitrogens with zero attached hydrogens (tertiary/aromatic N) is 2. The molecule has 0 unspecified atom stereocenters. The summed E-state index contributed by atoms with van der Waals surface area (Å²) in [5.41, 5.74) is 0.882. The number of thiazole rings is 1. The lowest BCUT2D eigenvalue weighted by atomic mass is 10.3. The van der Waals surface area contributed by atoms with Gasteiger partial charge in [0.25, 0.3) is 5.91 Å². The first kappa shape index (κ1) is 18.0. The summed E-state index contributed by atoms with van der Waals surface area (Å²) in [5.74, 6) is -0.468. The Morgan fingerprint density at radius 2 is 2.12 bits per heavy atom. The second-order valence-corrected chi connectivity index (χ2v) is 7.49. The van der Waals surface area contributed by atoms with Crippen molar-refractivity contribution in [2.75, 3.05) is 18.9 Å². The minimum absolute atomic E-state index is 0.00967. The predicted octanol–water partition coefficient (Wildman–Crippen LogP) is 3.54. The molecule has 0 aliphatic heterocycles. The zero-order valence-corrected chi connectivity index (χ0v) is 15.7. The Balaban J connectivity index is 1.62. The zero-order chi connectivity index (χ0) is 18.0. The molecule has 3 rings (SSSR count). The van der Waals surface area contributed by atoms with Gasteiger partial charge >= 0.3 is 0 Å². The van der Waals surface area contributed by atoms with Crippen molar-refractivity contribution < 1.29 is 9.59 Å². The van der Waals surface area contributed by atoms with Crippen LogP contribution in [-0.4, -0.2) is 41.3 Å². The van der Waals surface area contributed by atoms with E-state index < -0.39 is 0 Å². The number of likely N-dealkylation sites (N-methyl/N-ethyl adjacent to an activating group) is 1. The third-order valence-electron chi connectivity index (χ3n) is 3.56. The van der Waals surface area contributed by atoms with Crippen LogP contribution in [0, 0.1) is 0 Å². The summed E-state index contributed by atoms with van der Waals surface area (Å²) >= 11 is 13.3. The molecular weight excluding hydrogens is 383 g/mol. The van der Waals surface area contributed by atoms with E-state index in [0.29, 0.717) is 20.9 Å². The number of aromatic nitrogens is 1. The van der Waals surface area contributed by atoms with Gasteiger partial charge in [-0.3, -0.25) is 9.59 Å². The second kappa shape index (κ2) is 7.59. The molecule has 1 aromatic carbocycles. The van der Waals surface area contributed by atoms with Crippen LogP contribution in [-0.2, 0) is 4.79 Å². The van der Waals surface area contributed by atoms with E-state index in [1.807, 2.05) is 0 Å². The van der Waals surface area contributed by atoms with Gasteiger partial charge in [-0.15, -0.1) is 11.3 Å². The van der Waals surface area contributed by atoms with Crippen LogP contribution in [0.3, 0.4) is 0 Å². The SMILES string of the molecule is CN(CC(=O)NC1CC1)C(=O)c1csc(Nc2cc(Cl)ccc2Cl)n1. The number of carbonyl (C=O) groups excluding carboxylic acids is 2. The Morgan fingerprint density at radius 1 is 1.36 bits per heavy atom. The van der Waals surface area contributed by atoms with Crippen molar-refractivity contribution in [3.8, 4) is 0 Å². The van der Waals surface area contributed by atoms with E-state index in [2.05, 4.69) is 15.6 Å². The molecular formula is C16H16Cl2N4O2S. The molecule has 0 spiro atoms.